The topological polar surface area (TPSA) is 114 Å². The molecule has 0 spiro atoms. The fourth-order valence-corrected chi connectivity index (χ4v) is 7.04. The van der Waals surface area contributed by atoms with Crippen molar-refractivity contribution in [3.8, 4) is 5.69 Å². The molecule has 0 saturated heterocycles. The minimum Gasteiger partial charge on any atom is -0.324 e. The summed E-state index contributed by atoms with van der Waals surface area (Å²) in [7, 11) is -3.35. The van der Waals surface area contributed by atoms with Gasteiger partial charge in [0.15, 0.2) is 5.65 Å². The third-order valence-corrected chi connectivity index (χ3v) is 9.56. The molecule has 5 aromatic rings. The number of nitrogens with zero attached hydrogens (tertiary/aromatic N) is 6. The van der Waals surface area contributed by atoms with Gasteiger partial charge in [-0.25, -0.2) is 23.0 Å². The van der Waals surface area contributed by atoms with E-state index in [1.807, 2.05) is 32.0 Å². The van der Waals surface area contributed by atoms with Crippen molar-refractivity contribution in [1.82, 2.24) is 28.2 Å². The standard InChI is InChI=1S/C27H25Cl2N7O3S/c1-4-40(38,39)34-14-16-12-17(8-9-19(16)27(2,3)15-34)32-25-31-13-18-23(33-25)35-11-10-30-26(35)36(24(18)37)22-20(28)6-5-7-21(22)29/h5-13H,4,14-15H2,1-3H3,(H,31,32,33). The number of rotatable bonds is 5. The van der Waals surface area contributed by atoms with Crippen LogP contribution in [0.1, 0.15) is 31.9 Å². The van der Waals surface area contributed by atoms with Crippen molar-refractivity contribution in [3.05, 3.63) is 86.5 Å². The zero-order valence-electron chi connectivity index (χ0n) is 21.9. The average molecular weight is 599 g/mol. The van der Waals surface area contributed by atoms with E-state index in [0.717, 1.165) is 11.1 Å². The highest BCUT2D eigenvalue weighted by molar-refractivity contribution is 7.89. The van der Waals surface area contributed by atoms with E-state index in [4.69, 9.17) is 23.2 Å². The number of anilines is 2. The van der Waals surface area contributed by atoms with Gasteiger partial charge in [0.2, 0.25) is 21.7 Å². The van der Waals surface area contributed by atoms with E-state index in [0.29, 0.717) is 45.9 Å². The molecule has 1 aliphatic rings. The minimum atomic E-state index is -3.35. The Balaban J connectivity index is 1.42. The molecule has 10 nitrogen and oxygen atoms in total. The summed E-state index contributed by atoms with van der Waals surface area (Å²) in [5, 5.41) is 4.07. The summed E-state index contributed by atoms with van der Waals surface area (Å²) in [5.74, 6) is 0.614. The second-order valence-electron chi connectivity index (χ2n) is 10.3. The van der Waals surface area contributed by atoms with E-state index in [2.05, 4.69) is 20.3 Å². The third kappa shape index (κ3) is 4.33. The molecule has 0 radical (unpaired) electrons. The molecule has 6 rings (SSSR count). The van der Waals surface area contributed by atoms with Gasteiger partial charge >= 0.3 is 0 Å². The van der Waals surface area contributed by atoms with Crippen molar-refractivity contribution >= 4 is 61.7 Å². The number of halogens is 2. The monoisotopic (exact) mass is 597 g/mol. The third-order valence-electron chi connectivity index (χ3n) is 7.18. The molecular formula is C27H25Cl2N7O3S. The van der Waals surface area contributed by atoms with Gasteiger partial charge in [0.1, 0.15) is 5.39 Å². The number of sulfonamides is 1. The molecule has 3 aromatic heterocycles. The maximum atomic E-state index is 13.6. The Bertz CT molecular complexity index is 1970. The lowest BCUT2D eigenvalue weighted by Crippen LogP contribution is -2.45. The highest BCUT2D eigenvalue weighted by atomic mass is 35.5. The smallest absolute Gasteiger partial charge is 0.270 e. The Morgan fingerprint density at radius 1 is 1.10 bits per heavy atom. The van der Waals surface area contributed by atoms with Gasteiger partial charge in [0, 0.05) is 42.8 Å². The van der Waals surface area contributed by atoms with Crippen LogP contribution in [0, 0.1) is 0 Å². The molecule has 0 aliphatic carbocycles. The van der Waals surface area contributed by atoms with Gasteiger partial charge in [-0.1, -0.05) is 49.2 Å². The van der Waals surface area contributed by atoms with Gasteiger partial charge in [-0.05, 0) is 42.3 Å². The molecular weight excluding hydrogens is 573 g/mol. The SMILES string of the molecule is CCS(=O)(=O)N1Cc2cc(Nc3ncc4c(=O)n(-c5c(Cl)cccc5Cl)c5nccn5c4n3)ccc2C(C)(C)C1. The first-order valence-electron chi connectivity index (χ1n) is 12.6. The molecule has 40 heavy (non-hydrogen) atoms. The van der Waals surface area contributed by atoms with Gasteiger partial charge in [0.05, 0.1) is 21.5 Å². The van der Waals surface area contributed by atoms with E-state index in [9.17, 15) is 13.2 Å². The van der Waals surface area contributed by atoms with Gasteiger partial charge in [-0.2, -0.15) is 9.29 Å². The highest BCUT2D eigenvalue weighted by Gasteiger charge is 2.36. The molecule has 0 fully saturated rings. The summed E-state index contributed by atoms with van der Waals surface area (Å²) in [6, 6.07) is 10.9. The lowest BCUT2D eigenvalue weighted by Gasteiger charge is -2.39. The Morgan fingerprint density at radius 2 is 1.85 bits per heavy atom. The molecule has 0 unspecified atom stereocenters. The lowest BCUT2D eigenvalue weighted by molar-refractivity contribution is 0.300. The summed E-state index contributed by atoms with van der Waals surface area (Å²) in [6.45, 7) is 6.46. The summed E-state index contributed by atoms with van der Waals surface area (Å²) < 4.78 is 29.9. The quantitative estimate of drug-likeness (QED) is 0.306. The van der Waals surface area contributed by atoms with E-state index in [1.54, 1.807) is 41.9 Å². The predicted octanol–water partition coefficient (Wildman–Crippen LogP) is 4.92. The Morgan fingerprint density at radius 3 is 2.58 bits per heavy atom. The number of nitrogens with one attached hydrogen (secondary N) is 1. The summed E-state index contributed by atoms with van der Waals surface area (Å²) >= 11 is 12.8. The number of aromatic nitrogens is 5. The summed E-state index contributed by atoms with van der Waals surface area (Å²) in [4.78, 5) is 27.0. The summed E-state index contributed by atoms with van der Waals surface area (Å²) in [5.41, 5.74) is 2.63. The molecule has 1 aliphatic heterocycles. The van der Waals surface area contributed by atoms with Crippen LogP contribution in [0.3, 0.4) is 0 Å². The van der Waals surface area contributed by atoms with Crippen molar-refractivity contribution in [1.29, 1.82) is 0 Å². The second kappa shape index (κ2) is 9.55. The fourth-order valence-electron chi connectivity index (χ4n) is 5.25. The van der Waals surface area contributed by atoms with Crippen molar-refractivity contribution in [2.45, 2.75) is 32.7 Å². The van der Waals surface area contributed by atoms with Crippen molar-refractivity contribution in [2.75, 3.05) is 17.6 Å². The number of hydrogen-bond acceptors (Lipinski definition) is 7. The first-order chi connectivity index (χ1) is 19.0. The number of imidazole rings is 1. The highest BCUT2D eigenvalue weighted by Crippen LogP contribution is 2.36. The van der Waals surface area contributed by atoms with Gasteiger partial charge in [0.25, 0.3) is 5.56 Å². The number of fused-ring (bicyclic) bond motifs is 4. The minimum absolute atomic E-state index is 0.0500. The number of benzene rings is 2. The van der Waals surface area contributed by atoms with Crippen LogP contribution in [0.25, 0.3) is 22.5 Å². The first-order valence-corrected chi connectivity index (χ1v) is 14.9. The van der Waals surface area contributed by atoms with Gasteiger partial charge in [-0.15, -0.1) is 0 Å². The molecule has 4 heterocycles. The molecule has 0 amide bonds. The van der Waals surface area contributed by atoms with Crippen LogP contribution in [-0.4, -0.2) is 48.9 Å². The van der Waals surface area contributed by atoms with Crippen LogP contribution in [0.4, 0.5) is 11.6 Å². The van der Waals surface area contributed by atoms with Crippen LogP contribution in [0.2, 0.25) is 10.0 Å². The normalized spacial score (nSPS) is 15.4. The Kier molecular flexibility index (Phi) is 6.37. The number of para-hydroxylation sites is 1. The summed E-state index contributed by atoms with van der Waals surface area (Å²) in [6.07, 6.45) is 4.70. The molecule has 0 bridgehead atoms. The van der Waals surface area contributed by atoms with Crippen molar-refractivity contribution in [2.24, 2.45) is 0 Å². The zero-order valence-corrected chi connectivity index (χ0v) is 24.2. The molecule has 2 aromatic carbocycles. The van der Waals surface area contributed by atoms with E-state index >= 15 is 0 Å². The lowest BCUT2D eigenvalue weighted by atomic mass is 9.79. The van der Waals surface area contributed by atoms with Gasteiger partial charge in [-0.3, -0.25) is 9.20 Å². The van der Waals surface area contributed by atoms with E-state index in [1.165, 1.54) is 15.1 Å². The van der Waals surface area contributed by atoms with Crippen molar-refractivity contribution < 1.29 is 8.42 Å². The molecule has 0 saturated carbocycles. The van der Waals surface area contributed by atoms with Crippen molar-refractivity contribution in [3.63, 3.8) is 0 Å². The van der Waals surface area contributed by atoms with E-state index in [-0.39, 0.29) is 22.5 Å². The largest absolute Gasteiger partial charge is 0.324 e. The van der Waals surface area contributed by atoms with Crippen LogP contribution in [0.5, 0.6) is 0 Å². The first kappa shape index (κ1) is 26.7. The van der Waals surface area contributed by atoms with E-state index < -0.39 is 15.6 Å². The molecule has 0 atom stereocenters. The predicted molar refractivity (Wildman–Crippen MR) is 157 cm³/mol. The Labute approximate surface area is 240 Å². The van der Waals surface area contributed by atoms with Gasteiger partial charge < -0.3 is 5.32 Å². The second-order valence-corrected chi connectivity index (χ2v) is 13.4. The molecule has 13 heteroatoms. The molecule has 1 N–H and O–H groups in total. The fraction of sp³-hybridized carbons (Fsp3) is 0.259. The molecule has 206 valence electrons. The van der Waals surface area contributed by atoms with Crippen LogP contribution in [-0.2, 0) is 22.0 Å². The average Bonchev–Trinajstić information content (AvgIpc) is 3.39. The zero-order chi connectivity index (χ0) is 28.4. The van der Waals surface area contributed by atoms with Crippen LogP contribution >= 0.6 is 23.2 Å². The Hall–Kier alpha value is -3.51. The van der Waals surface area contributed by atoms with Crippen LogP contribution in [0.15, 0.2) is 59.8 Å². The van der Waals surface area contributed by atoms with Crippen LogP contribution < -0.4 is 10.9 Å². The maximum Gasteiger partial charge on any atom is 0.270 e. The number of hydrogen-bond donors (Lipinski definition) is 1. The maximum absolute atomic E-state index is 13.6.